The summed E-state index contributed by atoms with van der Waals surface area (Å²) in [5.41, 5.74) is 2.85. The van der Waals surface area contributed by atoms with Crippen molar-refractivity contribution in [3.05, 3.63) is 28.8 Å². The highest BCUT2D eigenvalue weighted by Crippen LogP contribution is 2.27. The number of carbonyl (C=O) groups is 1. The maximum atomic E-state index is 12.8. The Bertz CT molecular complexity index is 508. The van der Waals surface area contributed by atoms with Gasteiger partial charge in [-0.2, -0.15) is 0 Å². The van der Waals surface area contributed by atoms with Gasteiger partial charge in [0.15, 0.2) is 5.78 Å². The first-order chi connectivity index (χ1) is 10.0. The number of nitrogens with one attached hydrogen (secondary N) is 1. The lowest BCUT2D eigenvalue weighted by Gasteiger charge is -2.29. The van der Waals surface area contributed by atoms with Crippen molar-refractivity contribution in [3.8, 4) is 5.75 Å². The maximum absolute atomic E-state index is 12.8. The van der Waals surface area contributed by atoms with Gasteiger partial charge in [0, 0.05) is 38.6 Å². The van der Waals surface area contributed by atoms with E-state index in [0.717, 1.165) is 55.2 Å². The number of rotatable bonds is 5. The van der Waals surface area contributed by atoms with Crippen molar-refractivity contribution in [3.63, 3.8) is 0 Å². The molecule has 1 unspecified atom stereocenters. The first-order valence-electron chi connectivity index (χ1n) is 7.65. The minimum atomic E-state index is -0.0156. The Morgan fingerprint density at radius 1 is 1.33 bits per heavy atom. The van der Waals surface area contributed by atoms with E-state index in [-0.39, 0.29) is 11.7 Å². The highest BCUT2D eigenvalue weighted by Gasteiger charge is 2.23. The molecule has 0 saturated carbocycles. The molecule has 0 bridgehead atoms. The van der Waals surface area contributed by atoms with Gasteiger partial charge in [0.1, 0.15) is 5.75 Å². The lowest BCUT2D eigenvalue weighted by atomic mass is 9.94. The smallest absolute Gasteiger partial charge is 0.170 e. The van der Waals surface area contributed by atoms with E-state index >= 15 is 0 Å². The van der Waals surface area contributed by atoms with Crippen molar-refractivity contribution in [1.82, 2.24) is 10.2 Å². The number of nitrogens with zero attached hydrogens (tertiary/aromatic N) is 1. The second-order valence-corrected chi connectivity index (χ2v) is 5.98. The predicted molar refractivity (Wildman–Crippen MR) is 85.3 cm³/mol. The second kappa shape index (κ2) is 7.05. The van der Waals surface area contributed by atoms with E-state index in [1.165, 1.54) is 0 Å². The molecular formula is C17H26N2O2. The number of ether oxygens (including phenoxy) is 1. The first-order valence-corrected chi connectivity index (χ1v) is 7.65. The highest BCUT2D eigenvalue weighted by molar-refractivity contribution is 6.00. The average molecular weight is 290 g/mol. The Balaban J connectivity index is 2.14. The molecule has 1 atom stereocenters. The molecule has 2 rings (SSSR count). The van der Waals surface area contributed by atoms with Crippen LogP contribution in [-0.4, -0.2) is 50.5 Å². The van der Waals surface area contributed by atoms with Crippen LogP contribution < -0.4 is 10.1 Å². The number of ketones is 1. The van der Waals surface area contributed by atoms with Crippen LogP contribution in [0.25, 0.3) is 0 Å². The largest absolute Gasteiger partial charge is 0.496 e. The molecule has 4 heteroatoms. The van der Waals surface area contributed by atoms with Crippen LogP contribution in [0.1, 0.15) is 28.4 Å². The Kier molecular flexibility index (Phi) is 5.37. The normalized spacial score (nSPS) is 17.5. The molecule has 1 saturated heterocycles. The molecule has 116 valence electrons. The van der Waals surface area contributed by atoms with E-state index in [1.807, 2.05) is 26.8 Å². The molecular weight excluding hydrogens is 264 g/mol. The van der Waals surface area contributed by atoms with Crippen LogP contribution in [0.2, 0.25) is 0 Å². The van der Waals surface area contributed by atoms with E-state index in [1.54, 1.807) is 7.11 Å². The summed E-state index contributed by atoms with van der Waals surface area (Å²) in [4.78, 5) is 15.1. The van der Waals surface area contributed by atoms with Crippen LogP contribution in [0.3, 0.4) is 0 Å². The van der Waals surface area contributed by atoms with Gasteiger partial charge in [0.2, 0.25) is 0 Å². The number of benzene rings is 1. The van der Waals surface area contributed by atoms with Gasteiger partial charge in [-0.05, 0) is 31.0 Å². The molecule has 1 aromatic rings. The molecule has 4 nitrogen and oxygen atoms in total. The number of carbonyl (C=O) groups excluding carboxylic acids is 1. The highest BCUT2D eigenvalue weighted by atomic mass is 16.5. The molecule has 0 amide bonds. The standard InChI is InChI=1S/C17H26N2O2/c1-12-9-13(2)17(21-4)15(10-12)16(20)14(3)11-19-7-5-18-6-8-19/h9-10,14,18H,5-8,11H2,1-4H3. The Morgan fingerprint density at radius 3 is 2.62 bits per heavy atom. The molecule has 1 aliphatic heterocycles. The Labute approximate surface area is 127 Å². The summed E-state index contributed by atoms with van der Waals surface area (Å²) in [6.45, 7) is 10.9. The zero-order chi connectivity index (χ0) is 15.4. The molecule has 0 spiro atoms. The number of Topliss-reactive ketones (excluding diaryl/α,β-unsaturated/α-hetero) is 1. The SMILES string of the molecule is COc1c(C)cc(C)cc1C(=O)C(C)CN1CCNCC1. The summed E-state index contributed by atoms with van der Waals surface area (Å²) in [5, 5.41) is 3.34. The predicted octanol–water partition coefficient (Wildman–Crippen LogP) is 2.04. The minimum absolute atomic E-state index is 0.0156. The van der Waals surface area contributed by atoms with Gasteiger partial charge < -0.3 is 15.0 Å². The molecule has 1 heterocycles. The van der Waals surface area contributed by atoms with Gasteiger partial charge in [-0.1, -0.05) is 13.0 Å². The van der Waals surface area contributed by atoms with Crippen LogP contribution in [0, 0.1) is 19.8 Å². The lowest BCUT2D eigenvalue weighted by molar-refractivity contribution is 0.0884. The van der Waals surface area contributed by atoms with E-state index in [4.69, 9.17) is 4.74 Å². The third-order valence-corrected chi connectivity index (χ3v) is 4.08. The molecule has 1 aromatic carbocycles. The van der Waals surface area contributed by atoms with Gasteiger partial charge in [-0.25, -0.2) is 0 Å². The topological polar surface area (TPSA) is 41.6 Å². The van der Waals surface area contributed by atoms with Gasteiger partial charge in [-0.15, -0.1) is 0 Å². The fourth-order valence-electron chi connectivity index (χ4n) is 3.04. The summed E-state index contributed by atoms with van der Waals surface area (Å²) in [6.07, 6.45) is 0. The number of piperazine rings is 1. The number of methoxy groups -OCH3 is 1. The third-order valence-electron chi connectivity index (χ3n) is 4.08. The van der Waals surface area contributed by atoms with Crippen molar-refractivity contribution in [1.29, 1.82) is 0 Å². The number of aryl methyl sites for hydroxylation is 2. The van der Waals surface area contributed by atoms with E-state index in [9.17, 15) is 4.79 Å². The summed E-state index contributed by atoms with van der Waals surface area (Å²) < 4.78 is 5.45. The minimum Gasteiger partial charge on any atom is -0.496 e. The van der Waals surface area contributed by atoms with Crippen LogP contribution in [-0.2, 0) is 0 Å². The van der Waals surface area contributed by atoms with Crippen molar-refractivity contribution in [2.24, 2.45) is 5.92 Å². The number of hydrogen-bond acceptors (Lipinski definition) is 4. The molecule has 1 N–H and O–H groups in total. The van der Waals surface area contributed by atoms with Crippen molar-refractivity contribution >= 4 is 5.78 Å². The first kappa shape index (κ1) is 16.0. The van der Waals surface area contributed by atoms with Crippen molar-refractivity contribution in [2.45, 2.75) is 20.8 Å². The zero-order valence-corrected chi connectivity index (χ0v) is 13.5. The molecule has 0 aromatic heterocycles. The third kappa shape index (κ3) is 3.83. The van der Waals surface area contributed by atoms with Gasteiger partial charge >= 0.3 is 0 Å². The maximum Gasteiger partial charge on any atom is 0.170 e. The summed E-state index contributed by atoms with van der Waals surface area (Å²) in [7, 11) is 1.63. The molecule has 0 aliphatic carbocycles. The fourth-order valence-corrected chi connectivity index (χ4v) is 3.04. The number of hydrogen-bond donors (Lipinski definition) is 1. The Hall–Kier alpha value is -1.39. The van der Waals surface area contributed by atoms with Crippen LogP contribution >= 0.6 is 0 Å². The van der Waals surface area contributed by atoms with Crippen LogP contribution in [0.5, 0.6) is 5.75 Å². The monoisotopic (exact) mass is 290 g/mol. The Morgan fingerprint density at radius 2 is 2.00 bits per heavy atom. The molecule has 1 aliphatic rings. The molecule has 21 heavy (non-hydrogen) atoms. The van der Waals surface area contributed by atoms with E-state index in [0.29, 0.717) is 0 Å². The van der Waals surface area contributed by atoms with Crippen molar-refractivity contribution < 1.29 is 9.53 Å². The van der Waals surface area contributed by atoms with E-state index in [2.05, 4.69) is 16.3 Å². The quantitative estimate of drug-likeness (QED) is 0.843. The molecule has 0 radical (unpaired) electrons. The fraction of sp³-hybridized carbons (Fsp3) is 0.588. The molecule has 1 fully saturated rings. The van der Waals surface area contributed by atoms with Gasteiger partial charge in [0.25, 0.3) is 0 Å². The second-order valence-electron chi connectivity index (χ2n) is 5.98. The van der Waals surface area contributed by atoms with Crippen LogP contribution in [0.4, 0.5) is 0 Å². The van der Waals surface area contributed by atoms with Crippen LogP contribution in [0.15, 0.2) is 12.1 Å². The lowest BCUT2D eigenvalue weighted by Crippen LogP contribution is -2.45. The average Bonchev–Trinajstić information content (AvgIpc) is 2.46. The summed E-state index contributed by atoms with van der Waals surface area (Å²) >= 11 is 0. The summed E-state index contributed by atoms with van der Waals surface area (Å²) in [5.74, 6) is 0.883. The van der Waals surface area contributed by atoms with Gasteiger partial charge in [-0.3, -0.25) is 4.79 Å². The van der Waals surface area contributed by atoms with E-state index < -0.39 is 0 Å². The van der Waals surface area contributed by atoms with Crippen molar-refractivity contribution in [2.75, 3.05) is 39.8 Å². The summed E-state index contributed by atoms with van der Waals surface area (Å²) in [6, 6.07) is 4.00. The van der Waals surface area contributed by atoms with Gasteiger partial charge in [0.05, 0.1) is 12.7 Å². The zero-order valence-electron chi connectivity index (χ0n) is 13.5.